The molecule has 0 spiro atoms. The van der Waals surface area contributed by atoms with Crippen molar-refractivity contribution in [3.05, 3.63) is 23.5 Å². The van der Waals surface area contributed by atoms with Crippen molar-refractivity contribution in [3.8, 4) is 0 Å². The summed E-state index contributed by atoms with van der Waals surface area (Å²) in [5.74, 6) is 0. The van der Waals surface area contributed by atoms with E-state index < -0.39 is 0 Å². The molecule has 1 N–H and O–H groups in total. The van der Waals surface area contributed by atoms with Crippen molar-refractivity contribution in [2.24, 2.45) is 0 Å². The summed E-state index contributed by atoms with van der Waals surface area (Å²) < 4.78 is 0. The molecule has 1 aromatic rings. The molecule has 0 amide bonds. The van der Waals surface area contributed by atoms with Crippen LogP contribution in [0.15, 0.2) is 12.3 Å². The van der Waals surface area contributed by atoms with Crippen LogP contribution in [0, 0.1) is 0 Å². The molecule has 0 saturated heterocycles. The Morgan fingerprint density at radius 1 is 0.700 bits per heavy atom. The summed E-state index contributed by atoms with van der Waals surface area (Å²) in [7, 11) is 0. The molecule has 20 heavy (non-hydrogen) atoms. The number of nitrogens with one attached hydrogen (secondary N) is 1. The van der Waals surface area contributed by atoms with E-state index in [0.717, 1.165) is 0 Å². The zero-order valence-electron chi connectivity index (χ0n) is 13.8. The Bertz CT molecular complexity index is 313. The van der Waals surface area contributed by atoms with E-state index in [1.807, 2.05) is 0 Å². The Kier molecular flexibility index (Phi) is 10.4. The number of H-pyrrole nitrogens is 1. The van der Waals surface area contributed by atoms with Crippen LogP contribution in [0.3, 0.4) is 0 Å². The Balaban J connectivity index is 2.04. The molecule has 1 nitrogen and oxygen atoms in total. The van der Waals surface area contributed by atoms with Crippen LogP contribution in [-0.4, -0.2) is 4.98 Å². The number of aromatic nitrogens is 1. The zero-order chi connectivity index (χ0) is 14.5. The maximum absolute atomic E-state index is 3.46. The monoisotopic (exact) mass is 277 g/mol. The van der Waals surface area contributed by atoms with Gasteiger partial charge in [-0.3, -0.25) is 0 Å². The molecule has 1 aromatic heterocycles. The summed E-state index contributed by atoms with van der Waals surface area (Å²) in [4.78, 5) is 3.46. The minimum absolute atomic E-state index is 1.24. The van der Waals surface area contributed by atoms with E-state index in [-0.39, 0.29) is 0 Å². The lowest BCUT2D eigenvalue weighted by Gasteiger charge is -2.00. The highest BCUT2D eigenvalue weighted by Crippen LogP contribution is 2.13. The number of hydrogen-bond donors (Lipinski definition) is 1. The van der Waals surface area contributed by atoms with Crippen molar-refractivity contribution >= 4 is 0 Å². The second kappa shape index (κ2) is 12.1. The lowest BCUT2D eigenvalue weighted by Crippen LogP contribution is -1.86. The van der Waals surface area contributed by atoms with Crippen molar-refractivity contribution < 1.29 is 0 Å². The molecule has 0 radical (unpaired) electrons. The average molecular weight is 277 g/mol. The van der Waals surface area contributed by atoms with Gasteiger partial charge in [0.05, 0.1) is 0 Å². The maximum Gasteiger partial charge on any atom is 0.0149 e. The van der Waals surface area contributed by atoms with Crippen LogP contribution < -0.4 is 0 Å². The highest BCUT2D eigenvalue weighted by atomic mass is 14.7. The van der Waals surface area contributed by atoms with Gasteiger partial charge in [0.1, 0.15) is 0 Å². The number of hydrogen-bond acceptors (Lipinski definition) is 0. The molecule has 0 aliphatic rings. The Hall–Kier alpha value is -0.720. The van der Waals surface area contributed by atoms with Gasteiger partial charge in [-0.25, -0.2) is 0 Å². The van der Waals surface area contributed by atoms with Gasteiger partial charge in [0.15, 0.2) is 0 Å². The predicted octanol–water partition coefficient (Wildman–Crippen LogP) is 6.43. The SMILES string of the molecule is CCCCCCCCc1c[nH]c(CCCCCCC)c1. The normalized spacial score (nSPS) is 11.1. The molecule has 0 aliphatic carbocycles. The van der Waals surface area contributed by atoms with E-state index >= 15 is 0 Å². The second-order valence-electron chi connectivity index (χ2n) is 6.22. The zero-order valence-corrected chi connectivity index (χ0v) is 13.8. The first kappa shape index (κ1) is 17.3. The topological polar surface area (TPSA) is 15.8 Å². The number of unbranched alkanes of at least 4 members (excludes halogenated alkanes) is 9. The summed E-state index contributed by atoms with van der Waals surface area (Å²) in [6, 6.07) is 2.39. The minimum Gasteiger partial charge on any atom is -0.365 e. The minimum atomic E-state index is 1.24. The fourth-order valence-electron chi connectivity index (χ4n) is 2.81. The molecular weight excluding hydrogens is 242 g/mol. The number of rotatable bonds is 13. The third-order valence-corrected chi connectivity index (χ3v) is 4.17. The maximum atomic E-state index is 3.46. The van der Waals surface area contributed by atoms with E-state index in [2.05, 4.69) is 31.1 Å². The second-order valence-corrected chi connectivity index (χ2v) is 6.22. The van der Waals surface area contributed by atoms with E-state index in [4.69, 9.17) is 0 Å². The summed E-state index contributed by atoms with van der Waals surface area (Å²) in [5, 5.41) is 0. The predicted molar refractivity (Wildman–Crippen MR) is 90.3 cm³/mol. The molecule has 0 atom stereocenters. The van der Waals surface area contributed by atoms with Gasteiger partial charge in [-0.15, -0.1) is 0 Å². The van der Waals surface area contributed by atoms with E-state index in [9.17, 15) is 0 Å². The summed E-state index contributed by atoms with van der Waals surface area (Å²) in [6.07, 6.45) is 20.0. The molecule has 1 heteroatoms. The van der Waals surface area contributed by atoms with E-state index in [1.165, 1.54) is 94.7 Å². The van der Waals surface area contributed by atoms with Crippen molar-refractivity contribution in [3.63, 3.8) is 0 Å². The molecule has 0 aliphatic heterocycles. The molecule has 0 fully saturated rings. The van der Waals surface area contributed by atoms with Gasteiger partial charge in [0.2, 0.25) is 0 Å². The molecule has 0 saturated carbocycles. The van der Waals surface area contributed by atoms with Crippen LogP contribution in [-0.2, 0) is 12.8 Å². The first-order valence-corrected chi connectivity index (χ1v) is 9.03. The van der Waals surface area contributed by atoms with Crippen molar-refractivity contribution in [1.29, 1.82) is 0 Å². The summed E-state index contributed by atoms with van der Waals surface area (Å²) in [5.41, 5.74) is 2.96. The van der Waals surface area contributed by atoms with Gasteiger partial charge in [0, 0.05) is 11.9 Å². The Morgan fingerprint density at radius 2 is 1.25 bits per heavy atom. The standard InChI is InChI=1S/C19H35N/c1-3-5-7-9-11-12-14-18-16-19(20-17-18)15-13-10-8-6-4-2/h16-17,20H,3-15H2,1-2H3. The first-order chi connectivity index (χ1) is 9.86. The van der Waals surface area contributed by atoms with Gasteiger partial charge in [-0.2, -0.15) is 0 Å². The molecular formula is C19H35N. The van der Waals surface area contributed by atoms with Crippen molar-refractivity contribution in [2.45, 2.75) is 97.3 Å². The van der Waals surface area contributed by atoms with Crippen LogP contribution in [0.25, 0.3) is 0 Å². The molecule has 0 unspecified atom stereocenters. The van der Waals surface area contributed by atoms with Gasteiger partial charge in [0.25, 0.3) is 0 Å². The fraction of sp³-hybridized carbons (Fsp3) is 0.789. The number of aromatic amines is 1. The highest BCUT2D eigenvalue weighted by Gasteiger charge is 2.00. The first-order valence-electron chi connectivity index (χ1n) is 9.03. The Labute approximate surface area is 126 Å². The third kappa shape index (κ3) is 8.45. The van der Waals surface area contributed by atoms with E-state index in [1.54, 1.807) is 0 Å². The molecule has 1 rings (SSSR count). The Morgan fingerprint density at radius 3 is 1.90 bits per heavy atom. The lowest BCUT2D eigenvalue weighted by molar-refractivity contribution is 0.607. The van der Waals surface area contributed by atoms with Gasteiger partial charge in [-0.1, -0.05) is 71.6 Å². The van der Waals surface area contributed by atoms with Gasteiger partial charge in [-0.05, 0) is 37.3 Å². The largest absolute Gasteiger partial charge is 0.365 e. The molecule has 0 bridgehead atoms. The molecule has 1 heterocycles. The summed E-state index contributed by atoms with van der Waals surface area (Å²) in [6.45, 7) is 4.56. The quantitative estimate of drug-likeness (QED) is 0.400. The summed E-state index contributed by atoms with van der Waals surface area (Å²) >= 11 is 0. The fourth-order valence-corrected chi connectivity index (χ4v) is 2.81. The van der Waals surface area contributed by atoms with Gasteiger partial charge < -0.3 is 4.98 Å². The number of aryl methyl sites for hydroxylation is 2. The van der Waals surface area contributed by atoms with Crippen LogP contribution in [0.5, 0.6) is 0 Å². The van der Waals surface area contributed by atoms with Crippen molar-refractivity contribution in [2.75, 3.05) is 0 Å². The van der Waals surface area contributed by atoms with Crippen LogP contribution in [0.2, 0.25) is 0 Å². The highest BCUT2D eigenvalue weighted by molar-refractivity contribution is 5.16. The smallest absolute Gasteiger partial charge is 0.0149 e. The van der Waals surface area contributed by atoms with Crippen molar-refractivity contribution in [1.82, 2.24) is 4.98 Å². The van der Waals surface area contributed by atoms with E-state index in [0.29, 0.717) is 0 Å². The van der Waals surface area contributed by atoms with Gasteiger partial charge >= 0.3 is 0 Å². The van der Waals surface area contributed by atoms with Crippen LogP contribution in [0.4, 0.5) is 0 Å². The lowest BCUT2D eigenvalue weighted by atomic mass is 10.1. The van der Waals surface area contributed by atoms with Crippen LogP contribution in [0.1, 0.15) is 95.7 Å². The van der Waals surface area contributed by atoms with Crippen LogP contribution >= 0.6 is 0 Å². The average Bonchev–Trinajstić information content (AvgIpc) is 2.90. The molecule has 0 aromatic carbocycles. The third-order valence-electron chi connectivity index (χ3n) is 4.17. The molecule has 116 valence electrons.